The van der Waals surface area contributed by atoms with Crippen molar-refractivity contribution in [2.24, 2.45) is 0 Å². The maximum atomic E-state index is 12.0. The van der Waals surface area contributed by atoms with Crippen LogP contribution in [0.1, 0.15) is 29.0 Å². The second-order valence-electron chi connectivity index (χ2n) is 4.76. The molecule has 1 saturated heterocycles. The fourth-order valence-electron chi connectivity index (χ4n) is 2.16. The van der Waals surface area contributed by atoms with Gasteiger partial charge in [0.1, 0.15) is 5.00 Å². The number of carbonyl (C=O) groups excluding carboxylic acids is 1. The molecule has 0 atom stereocenters. The summed E-state index contributed by atoms with van der Waals surface area (Å²) in [4.78, 5) is 14.2. The van der Waals surface area contributed by atoms with E-state index >= 15 is 0 Å². The van der Waals surface area contributed by atoms with Gasteiger partial charge < -0.3 is 10.2 Å². The average Bonchev–Trinajstić information content (AvgIpc) is 3.11. The van der Waals surface area contributed by atoms with Crippen LogP contribution in [-0.4, -0.2) is 33.6 Å². The van der Waals surface area contributed by atoms with Crippen molar-refractivity contribution in [1.82, 2.24) is 14.6 Å². The molecule has 1 amide bonds. The van der Waals surface area contributed by atoms with E-state index < -0.39 is 0 Å². The maximum absolute atomic E-state index is 12.0. The van der Waals surface area contributed by atoms with Crippen LogP contribution in [0.3, 0.4) is 0 Å². The highest BCUT2D eigenvalue weighted by Gasteiger charge is 2.15. The molecule has 0 aromatic carbocycles. The monoisotopic (exact) mass is 289 g/mol. The molecular formula is C13H15N5OS. The van der Waals surface area contributed by atoms with E-state index in [1.165, 1.54) is 24.4 Å². The molecule has 0 spiro atoms. The molecule has 6 nitrogen and oxygen atoms in total. The zero-order chi connectivity index (χ0) is 13.9. The third-order valence-corrected chi connectivity index (χ3v) is 3.97. The third-order valence-electron chi connectivity index (χ3n) is 3.18. The lowest BCUT2D eigenvalue weighted by Gasteiger charge is -2.15. The minimum absolute atomic E-state index is 0.255. The van der Waals surface area contributed by atoms with E-state index in [9.17, 15) is 4.79 Å². The first kappa shape index (κ1) is 13.0. The minimum Gasteiger partial charge on any atom is -0.355 e. The Kier molecular flexibility index (Phi) is 3.60. The van der Waals surface area contributed by atoms with E-state index in [0.29, 0.717) is 5.69 Å². The van der Waals surface area contributed by atoms with Crippen molar-refractivity contribution in [3.63, 3.8) is 0 Å². The van der Waals surface area contributed by atoms with Crippen LogP contribution >= 0.6 is 11.5 Å². The van der Waals surface area contributed by atoms with Crippen LogP contribution in [0, 0.1) is 6.92 Å². The molecule has 0 saturated carbocycles. The number of nitrogens with one attached hydrogen (secondary N) is 1. The van der Waals surface area contributed by atoms with Crippen LogP contribution in [0.4, 0.5) is 10.8 Å². The standard InChI is InChI=1S/C13H15N5OS/c1-9-8-12(20-17-9)14-13(19)10-4-5-11(16-15-10)18-6-2-3-7-18/h4-5,8H,2-3,6-7H2,1H3,(H,14,19). The Morgan fingerprint density at radius 3 is 2.70 bits per heavy atom. The van der Waals surface area contributed by atoms with Crippen molar-refractivity contribution in [2.75, 3.05) is 23.3 Å². The van der Waals surface area contributed by atoms with Gasteiger partial charge in [0.2, 0.25) is 0 Å². The number of rotatable bonds is 3. The normalized spacial score (nSPS) is 14.6. The first-order valence-electron chi connectivity index (χ1n) is 6.56. The van der Waals surface area contributed by atoms with Gasteiger partial charge in [0.15, 0.2) is 11.5 Å². The number of nitrogens with zero attached hydrogens (tertiary/aromatic N) is 4. The fraction of sp³-hybridized carbons (Fsp3) is 0.385. The van der Waals surface area contributed by atoms with Crippen LogP contribution < -0.4 is 10.2 Å². The molecule has 0 unspecified atom stereocenters. The van der Waals surface area contributed by atoms with Gasteiger partial charge in [-0.3, -0.25) is 4.79 Å². The SMILES string of the molecule is Cc1cc(NC(=O)c2ccc(N3CCCC3)nn2)sn1. The summed E-state index contributed by atoms with van der Waals surface area (Å²) in [5.74, 6) is 0.585. The molecule has 3 heterocycles. The lowest BCUT2D eigenvalue weighted by molar-refractivity contribution is 0.102. The van der Waals surface area contributed by atoms with Gasteiger partial charge in [-0.25, -0.2) is 0 Å². The molecule has 0 radical (unpaired) electrons. The van der Waals surface area contributed by atoms with E-state index in [1.807, 2.05) is 19.1 Å². The predicted octanol–water partition coefficient (Wildman–Crippen LogP) is 2.09. The highest BCUT2D eigenvalue weighted by Crippen LogP contribution is 2.18. The lowest BCUT2D eigenvalue weighted by Crippen LogP contribution is -2.20. The summed E-state index contributed by atoms with van der Waals surface area (Å²) < 4.78 is 4.11. The van der Waals surface area contributed by atoms with Crippen molar-refractivity contribution in [3.8, 4) is 0 Å². The van der Waals surface area contributed by atoms with E-state index in [-0.39, 0.29) is 5.91 Å². The van der Waals surface area contributed by atoms with E-state index in [2.05, 4.69) is 24.8 Å². The number of hydrogen-bond acceptors (Lipinski definition) is 6. The van der Waals surface area contributed by atoms with E-state index in [1.54, 1.807) is 6.07 Å². The van der Waals surface area contributed by atoms with Gasteiger partial charge in [-0.15, -0.1) is 10.2 Å². The van der Waals surface area contributed by atoms with Gasteiger partial charge in [0, 0.05) is 13.1 Å². The number of carbonyl (C=O) groups is 1. The summed E-state index contributed by atoms with van der Waals surface area (Å²) in [6.07, 6.45) is 2.38. The number of aromatic nitrogens is 3. The first-order valence-corrected chi connectivity index (χ1v) is 7.33. The molecule has 1 fully saturated rings. The molecule has 2 aromatic rings. The molecule has 0 aliphatic carbocycles. The summed E-state index contributed by atoms with van der Waals surface area (Å²) in [5, 5.41) is 11.6. The topological polar surface area (TPSA) is 71.0 Å². The highest BCUT2D eigenvalue weighted by molar-refractivity contribution is 7.10. The summed E-state index contributed by atoms with van der Waals surface area (Å²) in [6.45, 7) is 3.91. The average molecular weight is 289 g/mol. The third kappa shape index (κ3) is 2.77. The molecule has 1 aliphatic heterocycles. The fourth-order valence-corrected chi connectivity index (χ4v) is 2.82. The molecule has 104 valence electrons. The summed E-state index contributed by atoms with van der Waals surface area (Å²) in [6, 6.07) is 5.39. The second-order valence-corrected chi connectivity index (χ2v) is 5.56. The Morgan fingerprint density at radius 2 is 2.10 bits per heavy atom. The van der Waals surface area contributed by atoms with Crippen LogP contribution in [0.2, 0.25) is 0 Å². The Morgan fingerprint density at radius 1 is 1.30 bits per heavy atom. The van der Waals surface area contributed by atoms with Gasteiger partial charge in [0.25, 0.3) is 5.91 Å². The maximum Gasteiger partial charge on any atom is 0.276 e. The van der Waals surface area contributed by atoms with Gasteiger partial charge in [-0.2, -0.15) is 4.37 Å². The molecular weight excluding hydrogens is 274 g/mol. The summed E-state index contributed by atoms with van der Waals surface area (Å²) >= 11 is 1.26. The lowest BCUT2D eigenvalue weighted by atomic mass is 10.3. The number of amides is 1. The Balaban J connectivity index is 1.68. The molecule has 0 bridgehead atoms. The predicted molar refractivity (Wildman–Crippen MR) is 78.3 cm³/mol. The quantitative estimate of drug-likeness (QED) is 0.937. The van der Waals surface area contributed by atoms with Gasteiger partial charge in [-0.1, -0.05) is 0 Å². The van der Waals surface area contributed by atoms with Gasteiger partial charge in [-0.05, 0) is 49.5 Å². The van der Waals surface area contributed by atoms with E-state index in [4.69, 9.17) is 0 Å². The minimum atomic E-state index is -0.255. The zero-order valence-electron chi connectivity index (χ0n) is 11.2. The zero-order valence-corrected chi connectivity index (χ0v) is 12.0. The number of aryl methyl sites for hydroxylation is 1. The number of hydrogen-bond donors (Lipinski definition) is 1. The molecule has 2 aromatic heterocycles. The Bertz CT molecular complexity index is 603. The molecule has 20 heavy (non-hydrogen) atoms. The second kappa shape index (κ2) is 5.54. The van der Waals surface area contributed by atoms with Crippen LogP contribution in [0.5, 0.6) is 0 Å². The van der Waals surface area contributed by atoms with Crippen LogP contribution in [0.25, 0.3) is 0 Å². The highest BCUT2D eigenvalue weighted by atomic mass is 32.1. The first-order chi connectivity index (χ1) is 9.72. The van der Waals surface area contributed by atoms with Crippen LogP contribution in [0.15, 0.2) is 18.2 Å². The van der Waals surface area contributed by atoms with Gasteiger partial charge in [0.05, 0.1) is 5.69 Å². The summed E-state index contributed by atoms with van der Waals surface area (Å²) in [7, 11) is 0. The molecule has 1 N–H and O–H groups in total. The number of anilines is 2. The Hall–Kier alpha value is -2.02. The van der Waals surface area contributed by atoms with E-state index in [0.717, 1.165) is 29.6 Å². The largest absolute Gasteiger partial charge is 0.355 e. The van der Waals surface area contributed by atoms with Crippen molar-refractivity contribution in [1.29, 1.82) is 0 Å². The van der Waals surface area contributed by atoms with Crippen molar-refractivity contribution in [2.45, 2.75) is 19.8 Å². The molecule has 3 rings (SSSR count). The van der Waals surface area contributed by atoms with Crippen LogP contribution in [-0.2, 0) is 0 Å². The smallest absolute Gasteiger partial charge is 0.276 e. The molecule has 7 heteroatoms. The van der Waals surface area contributed by atoms with Crippen molar-refractivity contribution in [3.05, 3.63) is 29.6 Å². The molecule has 1 aliphatic rings. The van der Waals surface area contributed by atoms with Crippen molar-refractivity contribution >= 4 is 28.3 Å². The van der Waals surface area contributed by atoms with Crippen molar-refractivity contribution < 1.29 is 4.79 Å². The summed E-state index contributed by atoms with van der Waals surface area (Å²) in [5.41, 5.74) is 1.21. The van der Waals surface area contributed by atoms with Gasteiger partial charge >= 0.3 is 0 Å². The Labute approximate surface area is 121 Å².